The number of aliphatic imine (C=N–C) groups is 1. The number of hydrogen-bond acceptors (Lipinski definition) is 3. The molecule has 0 atom stereocenters. The van der Waals surface area contributed by atoms with E-state index in [1.165, 1.54) is 6.92 Å². The van der Waals surface area contributed by atoms with Crippen molar-refractivity contribution in [3.63, 3.8) is 0 Å². The highest BCUT2D eigenvalue weighted by Gasteiger charge is 2.44. The number of carbonyl (C=O) groups is 1. The fraction of sp³-hybridized carbons (Fsp3) is 0.333. The smallest absolute Gasteiger partial charge is 0.235 e. The lowest BCUT2D eigenvalue weighted by atomic mass is 10.0. The van der Waals surface area contributed by atoms with Crippen LogP contribution in [0.2, 0.25) is 0 Å². The van der Waals surface area contributed by atoms with Gasteiger partial charge in [-0.25, -0.2) is 4.79 Å². The Bertz CT molecular complexity index is 472. The number of isocyanates is 1. The van der Waals surface area contributed by atoms with Crippen molar-refractivity contribution in [1.29, 1.82) is 0 Å². The summed E-state index contributed by atoms with van der Waals surface area (Å²) in [6, 6.07) is 7.43. The summed E-state index contributed by atoms with van der Waals surface area (Å²) >= 11 is 0. The van der Waals surface area contributed by atoms with Gasteiger partial charge in [0.2, 0.25) is 12.0 Å². The zero-order valence-electron chi connectivity index (χ0n) is 8.99. The highest BCUT2D eigenvalue weighted by atomic mass is 16.1. The van der Waals surface area contributed by atoms with Gasteiger partial charge in [-0.05, 0) is 30.5 Å². The van der Waals surface area contributed by atoms with E-state index in [4.69, 9.17) is 0 Å². The van der Waals surface area contributed by atoms with Gasteiger partial charge in [0, 0.05) is 12.6 Å². The van der Waals surface area contributed by atoms with Gasteiger partial charge in [-0.2, -0.15) is 4.99 Å². The Kier molecular flexibility index (Phi) is 2.59. The Labute approximate surface area is 93.4 Å². The molecule has 2 rings (SSSR count). The minimum Gasteiger partial charge on any atom is -0.326 e. The molecular formula is C12H12N2O2. The summed E-state index contributed by atoms with van der Waals surface area (Å²) in [5, 5.41) is 2.71. The molecule has 0 heterocycles. The molecule has 1 saturated carbocycles. The Morgan fingerprint density at radius 1 is 1.50 bits per heavy atom. The lowest BCUT2D eigenvalue weighted by Gasteiger charge is -2.10. The highest BCUT2D eigenvalue weighted by Crippen LogP contribution is 2.49. The van der Waals surface area contributed by atoms with Gasteiger partial charge in [0.1, 0.15) is 0 Å². The molecule has 1 N–H and O–H groups in total. The minimum atomic E-state index is -0.379. The molecule has 0 saturated heterocycles. The van der Waals surface area contributed by atoms with E-state index < -0.39 is 0 Å². The first kappa shape index (κ1) is 10.6. The van der Waals surface area contributed by atoms with Crippen molar-refractivity contribution in [1.82, 2.24) is 0 Å². The van der Waals surface area contributed by atoms with Crippen molar-refractivity contribution in [2.24, 2.45) is 4.99 Å². The quantitative estimate of drug-likeness (QED) is 0.620. The molecule has 1 aliphatic rings. The maximum atomic E-state index is 10.9. The Balaban J connectivity index is 2.29. The van der Waals surface area contributed by atoms with Crippen LogP contribution in [0.3, 0.4) is 0 Å². The molecule has 0 unspecified atom stereocenters. The van der Waals surface area contributed by atoms with Crippen LogP contribution in [0.15, 0.2) is 29.3 Å². The van der Waals surface area contributed by atoms with Crippen LogP contribution in [0.25, 0.3) is 0 Å². The van der Waals surface area contributed by atoms with E-state index in [1.807, 2.05) is 24.3 Å². The molecule has 1 amide bonds. The second-order valence-corrected chi connectivity index (χ2v) is 4.00. The molecule has 1 aromatic rings. The second kappa shape index (κ2) is 3.91. The third kappa shape index (κ3) is 2.02. The Morgan fingerprint density at radius 3 is 2.81 bits per heavy atom. The molecule has 0 radical (unpaired) electrons. The summed E-state index contributed by atoms with van der Waals surface area (Å²) in [5.41, 5.74) is 1.32. The van der Waals surface area contributed by atoms with Crippen LogP contribution in [-0.4, -0.2) is 12.0 Å². The SMILES string of the molecule is CC(=O)Nc1cccc(C2(N=C=O)CC2)c1. The maximum absolute atomic E-state index is 10.9. The molecular weight excluding hydrogens is 204 g/mol. The number of hydrogen-bond donors (Lipinski definition) is 1. The lowest BCUT2D eigenvalue weighted by molar-refractivity contribution is -0.114. The summed E-state index contributed by atoms with van der Waals surface area (Å²) in [5.74, 6) is -0.110. The zero-order valence-corrected chi connectivity index (χ0v) is 8.99. The van der Waals surface area contributed by atoms with Gasteiger partial charge in [-0.15, -0.1) is 0 Å². The van der Waals surface area contributed by atoms with Crippen LogP contribution >= 0.6 is 0 Å². The van der Waals surface area contributed by atoms with E-state index in [9.17, 15) is 9.59 Å². The maximum Gasteiger partial charge on any atom is 0.235 e. The Morgan fingerprint density at radius 2 is 2.25 bits per heavy atom. The summed E-state index contributed by atoms with van der Waals surface area (Å²) in [4.78, 5) is 25.1. The standard InChI is InChI=1S/C12H12N2O2/c1-9(16)14-11-4-2-3-10(7-11)12(5-6-12)13-8-15/h2-4,7H,5-6H2,1H3,(H,14,16). The monoisotopic (exact) mass is 216 g/mol. The first-order valence-electron chi connectivity index (χ1n) is 5.13. The van der Waals surface area contributed by atoms with Gasteiger partial charge in [0.15, 0.2) is 0 Å². The molecule has 0 spiro atoms. The highest BCUT2D eigenvalue weighted by molar-refractivity contribution is 5.88. The molecule has 82 valence electrons. The van der Waals surface area contributed by atoms with Crippen LogP contribution in [0.4, 0.5) is 5.69 Å². The van der Waals surface area contributed by atoms with Gasteiger partial charge in [-0.1, -0.05) is 12.1 Å². The number of benzene rings is 1. The van der Waals surface area contributed by atoms with Crippen LogP contribution < -0.4 is 5.32 Å². The van der Waals surface area contributed by atoms with E-state index in [0.29, 0.717) is 0 Å². The normalized spacial score (nSPS) is 16.1. The number of nitrogens with one attached hydrogen (secondary N) is 1. The zero-order chi connectivity index (χ0) is 11.6. The average molecular weight is 216 g/mol. The number of anilines is 1. The van der Waals surface area contributed by atoms with Crippen molar-refractivity contribution >= 4 is 17.7 Å². The molecule has 1 aliphatic carbocycles. The molecule has 1 fully saturated rings. The summed E-state index contributed by atoms with van der Waals surface area (Å²) in [6.07, 6.45) is 3.35. The van der Waals surface area contributed by atoms with Crippen molar-refractivity contribution < 1.29 is 9.59 Å². The van der Waals surface area contributed by atoms with E-state index in [-0.39, 0.29) is 11.4 Å². The predicted molar refractivity (Wildman–Crippen MR) is 59.8 cm³/mol. The third-order valence-corrected chi connectivity index (χ3v) is 2.70. The van der Waals surface area contributed by atoms with Gasteiger partial charge in [0.05, 0.1) is 5.54 Å². The number of nitrogens with zero attached hydrogens (tertiary/aromatic N) is 1. The van der Waals surface area contributed by atoms with E-state index in [2.05, 4.69) is 10.3 Å². The van der Waals surface area contributed by atoms with Crippen molar-refractivity contribution in [2.45, 2.75) is 25.3 Å². The fourth-order valence-corrected chi connectivity index (χ4v) is 1.76. The van der Waals surface area contributed by atoms with E-state index in [0.717, 1.165) is 24.1 Å². The van der Waals surface area contributed by atoms with Gasteiger partial charge in [0.25, 0.3) is 0 Å². The molecule has 16 heavy (non-hydrogen) atoms. The van der Waals surface area contributed by atoms with Crippen LogP contribution in [-0.2, 0) is 15.1 Å². The molecule has 0 bridgehead atoms. The number of amides is 1. The van der Waals surface area contributed by atoms with Crippen molar-refractivity contribution in [3.05, 3.63) is 29.8 Å². The van der Waals surface area contributed by atoms with Crippen LogP contribution in [0.1, 0.15) is 25.3 Å². The second-order valence-electron chi connectivity index (χ2n) is 4.00. The van der Waals surface area contributed by atoms with Crippen molar-refractivity contribution in [3.8, 4) is 0 Å². The number of carbonyl (C=O) groups excluding carboxylic acids is 2. The molecule has 4 nitrogen and oxygen atoms in total. The van der Waals surface area contributed by atoms with Gasteiger partial charge < -0.3 is 5.32 Å². The molecule has 4 heteroatoms. The first-order valence-corrected chi connectivity index (χ1v) is 5.13. The largest absolute Gasteiger partial charge is 0.326 e. The lowest BCUT2D eigenvalue weighted by Crippen LogP contribution is -2.08. The predicted octanol–water partition coefficient (Wildman–Crippen LogP) is 1.97. The van der Waals surface area contributed by atoms with E-state index in [1.54, 1.807) is 6.08 Å². The molecule has 1 aromatic carbocycles. The van der Waals surface area contributed by atoms with Crippen LogP contribution in [0, 0.1) is 0 Å². The summed E-state index contributed by atoms with van der Waals surface area (Å²) in [7, 11) is 0. The molecule has 0 aliphatic heterocycles. The first-order chi connectivity index (χ1) is 7.66. The van der Waals surface area contributed by atoms with Gasteiger partial charge in [-0.3, -0.25) is 4.79 Å². The van der Waals surface area contributed by atoms with E-state index >= 15 is 0 Å². The average Bonchev–Trinajstić information content (AvgIpc) is 2.99. The topological polar surface area (TPSA) is 58.5 Å². The number of rotatable bonds is 3. The third-order valence-electron chi connectivity index (χ3n) is 2.70. The van der Waals surface area contributed by atoms with Crippen LogP contribution in [0.5, 0.6) is 0 Å². The minimum absolute atomic E-state index is 0.110. The fourth-order valence-electron chi connectivity index (χ4n) is 1.76. The van der Waals surface area contributed by atoms with Crippen molar-refractivity contribution in [2.75, 3.05) is 5.32 Å². The Hall–Kier alpha value is -1.93. The summed E-state index contributed by atoms with van der Waals surface area (Å²) in [6.45, 7) is 1.46. The molecule has 0 aromatic heterocycles. The van der Waals surface area contributed by atoms with Gasteiger partial charge >= 0.3 is 0 Å². The summed E-state index contributed by atoms with van der Waals surface area (Å²) < 4.78 is 0.